The van der Waals surface area contributed by atoms with E-state index in [1.54, 1.807) is 6.21 Å². The SMILES string of the molecule is CC(C)CC(=O)N/N=C\c1c2ccccc2cc2ccccc12. The Hall–Kier alpha value is -2.68. The molecule has 3 aromatic carbocycles. The van der Waals surface area contributed by atoms with E-state index in [1.807, 2.05) is 38.1 Å². The van der Waals surface area contributed by atoms with Crippen LogP contribution in [0.3, 0.4) is 0 Å². The normalized spacial score (nSPS) is 11.6. The Kier molecular flexibility index (Phi) is 4.38. The molecule has 0 aliphatic rings. The van der Waals surface area contributed by atoms with Crippen molar-refractivity contribution in [2.45, 2.75) is 20.3 Å². The average Bonchev–Trinajstić information content (AvgIpc) is 2.53. The van der Waals surface area contributed by atoms with E-state index in [9.17, 15) is 4.79 Å². The fourth-order valence-electron chi connectivity index (χ4n) is 2.77. The maximum absolute atomic E-state index is 11.7. The Balaban J connectivity index is 2.02. The largest absolute Gasteiger partial charge is 0.273 e. The molecule has 3 heteroatoms. The van der Waals surface area contributed by atoms with Crippen LogP contribution in [0.2, 0.25) is 0 Å². The first-order chi connectivity index (χ1) is 11.1. The third kappa shape index (κ3) is 3.39. The second-order valence-electron chi connectivity index (χ2n) is 6.12. The van der Waals surface area contributed by atoms with Crippen LogP contribution in [-0.2, 0) is 4.79 Å². The maximum atomic E-state index is 11.7. The second-order valence-corrected chi connectivity index (χ2v) is 6.12. The van der Waals surface area contributed by atoms with Gasteiger partial charge in [0.1, 0.15) is 0 Å². The zero-order valence-electron chi connectivity index (χ0n) is 13.4. The van der Waals surface area contributed by atoms with Crippen LogP contribution in [0.1, 0.15) is 25.8 Å². The predicted octanol–water partition coefficient (Wildman–Crippen LogP) is 4.49. The van der Waals surface area contributed by atoms with Crippen LogP contribution in [0.15, 0.2) is 59.7 Å². The van der Waals surface area contributed by atoms with Crippen molar-refractivity contribution in [3.05, 3.63) is 60.2 Å². The summed E-state index contributed by atoms with van der Waals surface area (Å²) in [4.78, 5) is 11.7. The van der Waals surface area contributed by atoms with Crippen molar-refractivity contribution in [3.8, 4) is 0 Å². The third-order valence-electron chi connectivity index (χ3n) is 3.79. The van der Waals surface area contributed by atoms with Gasteiger partial charge in [0, 0.05) is 12.0 Å². The van der Waals surface area contributed by atoms with Gasteiger partial charge in [-0.1, -0.05) is 62.4 Å². The Morgan fingerprint density at radius 1 is 1.04 bits per heavy atom. The number of benzene rings is 3. The molecule has 0 saturated heterocycles. The Labute approximate surface area is 136 Å². The Bertz CT molecular complexity index is 827. The summed E-state index contributed by atoms with van der Waals surface area (Å²) in [5.74, 6) is 0.268. The first-order valence-corrected chi connectivity index (χ1v) is 7.87. The zero-order valence-corrected chi connectivity index (χ0v) is 13.4. The molecule has 3 nitrogen and oxygen atoms in total. The lowest BCUT2D eigenvalue weighted by atomic mass is 9.97. The third-order valence-corrected chi connectivity index (χ3v) is 3.79. The number of rotatable bonds is 4. The van der Waals surface area contributed by atoms with E-state index >= 15 is 0 Å². The monoisotopic (exact) mass is 304 g/mol. The smallest absolute Gasteiger partial charge is 0.240 e. The molecule has 0 bridgehead atoms. The minimum absolute atomic E-state index is 0.0548. The molecule has 0 heterocycles. The van der Waals surface area contributed by atoms with Gasteiger partial charge in [0.25, 0.3) is 0 Å². The van der Waals surface area contributed by atoms with Crippen molar-refractivity contribution in [1.82, 2.24) is 5.43 Å². The highest BCUT2D eigenvalue weighted by molar-refractivity contribution is 6.13. The van der Waals surface area contributed by atoms with Crippen molar-refractivity contribution >= 4 is 33.7 Å². The lowest BCUT2D eigenvalue weighted by Gasteiger charge is -2.08. The van der Waals surface area contributed by atoms with E-state index < -0.39 is 0 Å². The highest BCUT2D eigenvalue weighted by Crippen LogP contribution is 2.27. The van der Waals surface area contributed by atoms with Crippen LogP contribution in [0.5, 0.6) is 0 Å². The second kappa shape index (κ2) is 6.61. The van der Waals surface area contributed by atoms with E-state index in [2.05, 4.69) is 40.9 Å². The van der Waals surface area contributed by atoms with Crippen molar-refractivity contribution in [2.75, 3.05) is 0 Å². The van der Waals surface area contributed by atoms with Crippen LogP contribution in [0.4, 0.5) is 0 Å². The zero-order chi connectivity index (χ0) is 16.2. The number of carbonyl (C=O) groups is 1. The van der Waals surface area contributed by atoms with Gasteiger partial charge in [0.2, 0.25) is 5.91 Å². The summed E-state index contributed by atoms with van der Waals surface area (Å²) in [6, 6.07) is 18.6. The van der Waals surface area contributed by atoms with E-state index in [-0.39, 0.29) is 5.91 Å². The van der Waals surface area contributed by atoms with Crippen molar-refractivity contribution in [2.24, 2.45) is 11.0 Å². The van der Waals surface area contributed by atoms with Crippen molar-refractivity contribution in [1.29, 1.82) is 0 Å². The fraction of sp³-hybridized carbons (Fsp3) is 0.200. The standard InChI is InChI=1S/C20H20N2O/c1-14(2)11-20(23)22-21-13-19-17-9-5-3-7-15(17)12-16-8-4-6-10-18(16)19/h3-10,12-14H,11H2,1-2H3,(H,22,23)/b21-13-. The van der Waals surface area contributed by atoms with Crippen LogP contribution >= 0.6 is 0 Å². The summed E-state index contributed by atoms with van der Waals surface area (Å²) >= 11 is 0. The van der Waals surface area contributed by atoms with E-state index in [1.165, 1.54) is 10.8 Å². The molecule has 23 heavy (non-hydrogen) atoms. The number of nitrogens with one attached hydrogen (secondary N) is 1. The van der Waals surface area contributed by atoms with Gasteiger partial charge >= 0.3 is 0 Å². The lowest BCUT2D eigenvalue weighted by Crippen LogP contribution is -2.19. The first-order valence-electron chi connectivity index (χ1n) is 7.87. The number of hydrogen-bond donors (Lipinski definition) is 1. The Morgan fingerprint density at radius 2 is 1.61 bits per heavy atom. The highest BCUT2D eigenvalue weighted by Gasteiger charge is 2.06. The summed E-state index contributed by atoms with van der Waals surface area (Å²) in [7, 11) is 0. The van der Waals surface area contributed by atoms with E-state index in [4.69, 9.17) is 0 Å². The van der Waals surface area contributed by atoms with Gasteiger partial charge in [-0.15, -0.1) is 0 Å². The number of fused-ring (bicyclic) bond motifs is 2. The number of hydrazone groups is 1. The average molecular weight is 304 g/mol. The summed E-state index contributed by atoms with van der Waals surface area (Å²) in [6.45, 7) is 4.03. The summed E-state index contributed by atoms with van der Waals surface area (Å²) in [5, 5.41) is 8.77. The lowest BCUT2D eigenvalue weighted by molar-refractivity contribution is -0.121. The molecule has 1 N–H and O–H groups in total. The minimum Gasteiger partial charge on any atom is -0.273 e. The van der Waals surface area contributed by atoms with Crippen molar-refractivity contribution in [3.63, 3.8) is 0 Å². The summed E-state index contributed by atoms with van der Waals surface area (Å²) < 4.78 is 0. The molecule has 0 aliphatic carbocycles. The molecule has 0 fully saturated rings. The molecule has 1 amide bonds. The quantitative estimate of drug-likeness (QED) is 0.431. The van der Waals surface area contributed by atoms with Crippen LogP contribution in [0, 0.1) is 5.92 Å². The molecule has 116 valence electrons. The van der Waals surface area contributed by atoms with Gasteiger partial charge in [0.15, 0.2) is 0 Å². The fourth-order valence-corrected chi connectivity index (χ4v) is 2.77. The number of hydrogen-bond acceptors (Lipinski definition) is 2. The van der Waals surface area contributed by atoms with E-state index in [0.29, 0.717) is 12.3 Å². The number of nitrogens with zero attached hydrogens (tertiary/aromatic N) is 1. The van der Waals surface area contributed by atoms with Gasteiger partial charge in [-0.25, -0.2) is 5.43 Å². The molecule has 0 aliphatic heterocycles. The molecule has 0 radical (unpaired) electrons. The molecule has 0 aromatic heterocycles. The number of amides is 1. The molecule has 0 unspecified atom stereocenters. The van der Waals surface area contributed by atoms with Crippen molar-refractivity contribution < 1.29 is 4.79 Å². The predicted molar refractivity (Wildman–Crippen MR) is 96.6 cm³/mol. The highest BCUT2D eigenvalue weighted by atomic mass is 16.2. The molecular formula is C20H20N2O. The first kappa shape index (κ1) is 15.2. The van der Waals surface area contributed by atoms with Gasteiger partial charge in [0.05, 0.1) is 6.21 Å². The summed E-state index contributed by atoms with van der Waals surface area (Å²) in [6.07, 6.45) is 2.23. The molecule has 0 saturated carbocycles. The van der Waals surface area contributed by atoms with Gasteiger partial charge < -0.3 is 0 Å². The Morgan fingerprint density at radius 3 is 2.17 bits per heavy atom. The maximum Gasteiger partial charge on any atom is 0.240 e. The topological polar surface area (TPSA) is 41.5 Å². The number of carbonyl (C=O) groups excluding carboxylic acids is 1. The van der Waals surface area contributed by atoms with E-state index in [0.717, 1.165) is 16.3 Å². The molecule has 3 rings (SSSR count). The van der Waals surface area contributed by atoms with Gasteiger partial charge in [-0.3, -0.25) is 4.79 Å². The molecule has 0 spiro atoms. The molecular weight excluding hydrogens is 284 g/mol. The summed E-state index contributed by atoms with van der Waals surface area (Å²) in [5.41, 5.74) is 3.65. The van der Waals surface area contributed by atoms with Crippen LogP contribution < -0.4 is 5.43 Å². The minimum atomic E-state index is -0.0548. The van der Waals surface area contributed by atoms with Gasteiger partial charge in [-0.2, -0.15) is 5.10 Å². The van der Waals surface area contributed by atoms with Crippen LogP contribution in [-0.4, -0.2) is 12.1 Å². The van der Waals surface area contributed by atoms with Crippen LogP contribution in [0.25, 0.3) is 21.5 Å². The van der Waals surface area contributed by atoms with Gasteiger partial charge in [-0.05, 0) is 33.5 Å². The molecule has 3 aromatic rings. The molecule has 0 atom stereocenters.